The minimum atomic E-state index is 0.0645. The Labute approximate surface area is 199 Å². The van der Waals surface area contributed by atoms with Crippen molar-refractivity contribution < 1.29 is 9.53 Å². The molecule has 1 amide bonds. The van der Waals surface area contributed by atoms with Gasteiger partial charge >= 0.3 is 0 Å². The number of ether oxygens (including phenoxy) is 1. The van der Waals surface area contributed by atoms with E-state index in [9.17, 15) is 4.79 Å². The summed E-state index contributed by atoms with van der Waals surface area (Å²) < 4.78 is 8.06. The molecule has 4 aromatic rings. The second-order valence-electron chi connectivity index (χ2n) is 7.89. The van der Waals surface area contributed by atoms with Gasteiger partial charge in [0.05, 0.1) is 22.7 Å². The monoisotopic (exact) mass is 461 g/mol. The molecule has 1 N–H and O–H groups in total. The van der Waals surface area contributed by atoms with E-state index in [0.29, 0.717) is 36.8 Å². The number of hydrogen-bond acceptors (Lipinski definition) is 3. The van der Waals surface area contributed by atoms with Crippen LogP contribution in [-0.2, 0) is 24.2 Å². The first kappa shape index (κ1) is 22.9. The molecule has 0 aliphatic rings. The van der Waals surface area contributed by atoms with Crippen LogP contribution in [0.4, 0.5) is 0 Å². The number of carbonyl (C=O) groups is 1. The van der Waals surface area contributed by atoms with Crippen molar-refractivity contribution in [2.75, 3.05) is 13.2 Å². The van der Waals surface area contributed by atoms with Crippen LogP contribution in [0.1, 0.15) is 24.2 Å². The number of carbonyl (C=O) groups excluding carboxylic acids is 1. The lowest BCUT2D eigenvalue weighted by molar-refractivity contribution is -0.121. The third-order valence-corrected chi connectivity index (χ3v) is 5.82. The molecule has 4 rings (SSSR count). The summed E-state index contributed by atoms with van der Waals surface area (Å²) >= 11 is 6.17. The summed E-state index contributed by atoms with van der Waals surface area (Å²) in [5.74, 6) is 1.74. The summed E-state index contributed by atoms with van der Waals surface area (Å²) in [6.45, 7) is 1.90. The predicted molar refractivity (Wildman–Crippen MR) is 133 cm³/mol. The Morgan fingerprint density at radius 2 is 1.70 bits per heavy atom. The third kappa shape index (κ3) is 6.36. The van der Waals surface area contributed by atoms with Gasteiger partial charge in [0, 0.05) is 25.9 Å². The summed E-state index contributed by atoms with van der Waals surface area (Å²) in [5, 5.41) is 3.66. The number of benzene rings is 3. The van der Waals surface area contributed by atoms with Crippen molar-refractivity contribution in [1.82, 2.24) is 14.9 Å². The fourth-order valence-corrected chi connectivity index (χ4v) is 4.03. The zero-order chi connectivity index (χ0) is 22.9. The molecule has 6 heteroatoms. The lowest BCUT2D eigenvalue weighted by Gasteiger charge is -2.11. The number of rotatable bonds is 11. The highest BCUT2D eigenvalue weighted by Crippen LogP contribution is 2.23. The van der Waals surface area contributed by atoms with Crippen molar-refractivity contribution >= 4 is 28.5 Å². The molecular formula is C27H28ClN3O2. The molecule has 170 valence electrons. The first-order chi connectivity index (χ1) is 16.2. The number of aromatic nitrogens is 2. The van der Waals surface area contributed by atoms with Crippen LogP contribution in [0, 0.1) is 0 Å². The molecule has 1 aromatic heterocycles. The number of fused-ring (bicyclic) bond motifs is 1. The van der Waals surface area contributed by atoms with Gasteiger partial charge in [0.1, 0.15) is 11.6 Å². The van der Waals surface area contributed by atoms with E-state index in [2.05, 4.69) is 16.0 Å². The van der Waals surface area contributed by atoms with Crippen molar-refractivity contribution in [1.29, 1.82) is 0 Å². The number of nitrogens with one attached hydrogen (secondary N) is 1. The smallest absolute Gasteiger partial charge is 0.220 e. The maximum Gasteiger partial charge on any atom is 0.220 e. The van der Waals surface area contributed by atoms with E-state index >= 15 is 0 Å². The molecule has 0 spiro atoms. The number of aryl methyl sites for hydroxylation is 2. The minimum absolute atomic E-state index is 0.0645. The number of amides is 1. The Kier molecular flexibility index (Phi) is 7.99. The van der Waals surface area contributed by atoms with Crippen LogP contribution in [0.3, 0.4) is 0 Å². The van der Waals surface area contributed by atoms with E-state index in [1.165, 1.54) is 5.56 Å². The lowest BCUT2D eigenvalue weighted by Crippen LogP contribution is -2.26. The van der Waals surface area contributed by atoms with Gasteiger partial charge in [-0.3, -0.25) is 4.79 Å². The molecule has 0 atom stereocenters. The molecule has 33 heavy (non-hydrogen) atoms. The van der Waals surface area contributed by atoms with Crippen molar-refractivity contribution in [2.24, 2.45) is 0 Å². The van der Waals surface area contributed by atoms with Crippen LogP contribution in [0.15, 0.2) is 78.9 Å². The number of para-hydroxylation sites is 3. The summed E-state index contributed by atoms with van der Waals surface area (Å²) in [4.78, 5) is 17.1. The topological polar surface area (TPSA) is 56.2 Å². The van der Waals surface area contributed by atoms with E-state index < -0.39 is 0 Å². The number of nitrogens with zero attached hydrogens (tertiary/aromatic N) is 2. The highest BCUT2D eigenvalue weighted by atomic mass is 35.5. The molecule has 0 unspecified atom stereocenters. The summed E-state index contributed by atoms with van der Waals surface area (Å²) in [6.07, 6.45) is 2.73. The number of imidazole rings is 1. The van der Waals surface area contributed by atoms with E-state index in [1.54, 1.807) is 0 Å². The summed E-state index contributed by atoms with van der Waals surface area (Å²) in [7, 11) is 0. The normalized spacial score (nSPS) is 10.9. The second kappa shape index (κ2) is 11.5. The fraction of sp³-hybridized carbons (Fsp3) is 0.259. The van der Waals surface area contributed by atoms with Gasteiger partial charge in [-0.15, -0.1) is 0 Å². The van der Waals surface area contributed by atoms with Gasteiger partial charge in [-0.25, -0.2) is 4.98 Å². The van der Waals surface area contributed by atoms with E-state index in [-0.39, 0.29) is 5.91 Å². The zero-order valence-corrected chi connectivity index (χ0v) is 19.3. The van der Waals surface area contributed by atoms with Crippen molar-refractivity contribution in [2.45, 2.75) is 32.2 Å². The summed E-state index contributed by atoms with van der Waals surface area (Å²) in [5.41, 5.74) is 3.24. The molecule has 5 nitrogen and oxygen atoms in total. The fourth-order valence-electron chi connectivity index (χ4n) is 3.84. The average molecular weight is 462 g/mol. The van der Waals surface area contributed by atoms with Gasteiger partial charge in [0.15, 0.2) is 0 Å². The van der Waals surface area contributed by atoms with E-state index in [1.807, 2.05) is 72.8 Å². The molecule has 3 aromatic carbocycles. The molecule has 1 heterocycles. The Morgan fingerprint density at radius 3 is 2.55 bits per heavy atom. The maximum absolute atomic E-state index is 12.3. The van der Waals surface area contributed by atoms with Gasteiger partial charge in [0.25, 0.3) is 0 Å². The van der Waals surface area contributed by atoms with Crippen LogP contribution in [0.25, 0.3) is 11.0 Å². The maximum atomic E-state index is 12.3. The van der Waals surface area contributed by atoms with Gasteiger partial charge in [-0.1, -0.05) is 66.2 Å². The zero-order valence-electron chi connectivity index (χ0n) is 18.5. The first-order valence-electron chi connectivity index (χ1n) is 11.3. The predicted octanol–water partition coefficient (Wildman–Crippen LogP) is 5.45. The quantitative estimate of drug-likeness (QED) is 0.302. The Hall–Kier alpha value is -3.31. The van der Waals surface area contributed by atoms with Crippen LogP contribution in [0.5, 0.6) is 5.75 Å². The summed E-state index contributed by atoms with van der Waals surface area (Å²) in [6, 6.07) is 25.7. The van der Waals surface area contributed by atoms with Gasteiger partial charge in [0.2, 0.25) is 5.91 Å². The molecular weight excluding hydrogens is 434 g/mol. The van der Waals surface area contributed by atoms with Crippen LogP contribution in [-0.4, -0.2) is 28.6 Å². The largest absolute Gasteiger partial charge is 0.492 e. The number of halogens is 1. The third-order valence-electron chi connectivity index (χ3n) is 5.51. The molecule has 0 fully saturated rings. The Morgan fingerprint density at radius 1 is 0.939 bits per heavy atom. The van der Waals surface area contributed by atoms with Crippen molar-refractivity contribution in [3.05, 3.63) is 95.3 Å². The van der Waals surface area contributed by atoms with Crippen LogP contribution >= 0.6 is 11.6 Å². The molecule has 0 bridgehead atoms. The molecule has 0 saturated carbocycles. The van der Waals surface area contributed by atoms with Crippen molar-refractivity contribution in [3.8, 4) is 5.75 Å². The average Bonchev–Trinajstić information content (AvgIpc) is 3.19. The van der Waals surface area contributed by atoms with Crippen LogP contribution in [0.2, 0.25) is 5.02 Å². The molecule has 0 aliphatic heterocycles. The van der Waals surface area contributed by atoms with Gasteiger partial charge in [-0.2, -0.15) is 0 Å². The standard InChI is InChI=1S/C27H28ClN3O2/c28-22-11-4-7-14-25(22)33-20-8-19-31-24-13-6-5-12-23(24)30-26(31)17-18-29-27(32)16-15-21-9-2-1-3-10-21/h1-7,9-14H,8,15-20H2,(H,29,32). The number of hydrogen-bond donors (Lipinski definition) is 1. The highest BCUT2D eigenvalue weighted by Gasteiger charge is 2.11. The van der Waals surface area contributed by atoms with Gasteiger partial charge < -0.3 is 14.6 Å². The van der Waals surface area contributed by atoms with E-state index in [4.69, 9.17) is 21.3 Å². The first-order valence-corrected chi connectivity index (χ1v) is 11.7. The lowest BCUT2D eigenvalue weighted by atomic mass is 10.1. The van der Waals surface area contributed by atoms with E-state index in [0.717, 1.165) is 36.2 Å². The molecule has 0 radical (unpaired) electrons. The minimum Gasteiger partial charge on any atom is -0.492 e. The van der Waals surface area contributed by atoms with Crippen LogP contribution < -0.4 is 10.1 Å². The SMILES string of the molecule is O=C(CCc1ccccc1)NCCc1nc2ccccc2n1CCCOc1ccccc1Cl. The Bertz CT molecular complexity index is 1190. The Balaban J connectivity index is 1.31. The van der Waals surface area contributed by atoms with Gasteiger partial charge in [-0.05, 0) is 42.7 Å². The highest BCUT2D eigenvalue weighted by molar-refractivity contribution is 6.32. The second-order valence-corrected chi connectivity index (χ2v) is 8.29. The molecule has 0 saturated heterocycles. The molecule has 0 aliphatic carbocycles. The van der Waals surface area contributed by atoms with Crippen molar-refractivity contribution in [3.63, 3.8) is 0 Å².